The molecule has 5 nitrogen and oxygen atoms in total. The van der Waals surface area contributed by atoms with E-state index in [1.54, 1.807) is 32.9 Å². The highest BCUT2D eigenvalue weighted by molar-refractivity contribution is 7.90. The lowest BCUT2D eigenvalue weighted by Gasteiger charge is -2.22. The first-order chi connectivity index (χ1) is 8.99. The molecule has 7 heteroatoms. The Balaban J connectivity index is 0.00000400. The molecule has 0 bridgehead atoms. The Morgan fingerprint density at radius 3 is 2.38 bits per heavy atom. The second kappa shape index (κ2) is 7.24. The first-order valence-corrected chi connectivity index (χ1v) is 8.15. The highest BCUT2D eigenvalue weighted by atomic mass is 35.5. The molecule has 2 N–H and O–H groups in total. The third-order valence-electron chi connectivity index (χ3n) is 2.49. The molecule has 0 unspecified atom stereocenters. The molecule has 0 amide bonds. The minimum atomic E-state index is -3.27. The monoisotopic (exact) mass is 335 g/mol. The number of carbonyl (C=O) groups excluding carboxylic acids is 1. The Kier molecular flexibility index (Phi) is 6.86. The molecular weight excluding hydrogens is 314 g/mol. The van der Waals surface area contributed by atoms with Crippen LogP contribution in [0.2, 0.25) is 0 Å². The molecule has 1 aromatic carbocycles. The number of ether oxygens (including phenoxy) is 1. The molecule has 0 heterocycles. The summed E-state index contributed by atoms with van der Waals surface area (Å²) in [6.45, 7) is 5.30. The fourth-order valence-corrected chi connectivity index (χ4v) is 2.31. The van der Waals surface area contributed by atoms with E-state index in [9.17, 15) is 13.2 Å². The summed E-state index contributed by atoms with van der Waals surface area (Å²) in [5.41, 5.74) is 5.88. The molecule has 0 saturated heterocycles. The predicted molar refractivity (Wildman–Crippen MR) is 84.3 cm³/mol. The zero-order valence-corrected chi connectivity index (χ0v) is 14.3. The molecule has 0 saturated carbocycles. The van der Waals surface area contributed by atoms with Gasteiger partial charge < -0.3 is 10.5 Å². The van der Waals surface area contributed by atoms with Crippen LogP contribution in [0, 0.1) is 0 Å². The molecule has 0 aromatic heterocycles. The van der Waals surface area contributed by atoms with Crippen LogP contribution in [-0.4, -0.2) is 32.3 Å². The van der Waals surface area contributed by atoms with Gasteiger partial charge in [0.25, 0.3) is 0 Å². The maximum absolute atomic E-state index is 11.8. The van der Waals surface area contributed by atoms with Crippen molar-refractivity contribution >= 4 is 28.2 Å². The number of hydrogen-bond acceptors (Lipinski definition) is 5. The molecule has 0 fully saturated rings. The van der Waals surface area contributed by atoms with Crippen LogP contribution in [0.3, 0.4) is 0 Å². The molecule has 0 aliphatic heterocycles. The number of nitrogens with two attached hydrogens (primary N) is 1. The molecule has 21 heavy (non-hydrogen) atoms. The van der Waals surface area contributed by atoms with Gasteiger partial charge in [0.2, 0.25) is 0 Å². The van der Waals surface area contributed by atoms with Crippen molar-refractivity contribution < 1.29 is 17.9 Å². The Labute approximate surface area is 132 Å². The van der Waals surface area contributed by atoms with E-state index in [2.05, 4.69) is 0 Å². The standard InChI is InChI=1S/C14H21NO4S.ClH/c1-14(2,3)19-13(16)12(15)9-10-6-5-7-11(8-10)20(4,17)18;/h5-8,12H,9,15H2,1-4H3;1H/t12-;/m0./s1. The Morgan fingerprint density at radius 2 is 1.90 bits per heavy atom. The summed E-state index contributed by atoms with van der Waals surface area (Å²) in [6, 6.07) is 5.59. The van der Waals surface area contributed by atoms with E-state index in [-0.39, 0.29) is 23.7 Å². The lowest BCUT2D eigenvalue weighted by molar-refractivity contribution is -0.156. The SMILES string of the molecule is CC(C)(C)OC(=O)[C@@H](N)Cc1cccc(S(C)(=O)=O)c1.Cl. The van der Waals surface area contributed by atoms with Crippen LogP contribution in [0.4, 0.5) is 0 Å². The van der Waals surface area contributed by atoms with Gasteiger partial charge in [0.05, 0.1) is 4.90 Å². The summed E-state index contributed by atoms with van der Waals surface area (Å²) >= 11 is 0. The third kappa shape index (κ3) is 6.93. The van der Waals surface area contributed by atoms with Gasteiger partial charge >= 0.3 is 5.97 Å². The zero-order valence-electron chi connectivity index (χ0n) is 12.6. The number of sulfone groups is 1. The van der Waals surface area contributed by atoms with Crippen molar-refractivity contribution in [2.45, 2.75) is 43.7 Å². The van der Waals surface area contributed by atoms with E-state index in [4.69, 9.17) is 10.5 Å². The number of hydrogen-bond donors (Lipinski definition) is 1. The summed E-state index contributed by atoms with van der Waals surface area (Å²) in [6.07, 6.45) is 1.37. The summed E-state index contributed by atoms with van der Waals surface area (Å²) < 4.78 is 28.1. The van der Waals surface area contributed by atoms with Gasteiger partial charge in [-0.3, -0.25) is 4.79 Å². The number of esters is 1. The normalized spacial score (nSPS) is 13.2. The topological polar surface area (TPSA) is 86.5 Å². The van der Waals surface area contributed by atoms with Gasteiger partial charge in [0.1, 0.15) is 11.6 Å². The van der Waals surface area contributed by atoms with E-state index < -0.39 is 27.4 Å². The van der Waals surface area contributed by atoms with Crippen molar-refractivity contribution in [1.82, 2.24) is 0 Å². The first kappa shape index (κ1) is 19.9. The van der Waals surface area contributed by atoms with Gasteiger partial charge in [0, 0.05) is 6.26 Å². The highest BCUT2D eigenvalue weighted by Gasteiger charge is 2.22. The lowest BCUT2D eigenvalue weighted by atomic mass is 10.1. The van der Waals surface area contributed by atoms with Crippen LogP contribution in [0.15, 0.2) is 29.2 Å². The van der Waals surface area contributed by atoms with Crippen molar-refractivity contribution in [3.63, 3.8) is 0 Å². The fraction of sp³-hybridized carbons (Fsp3) is 0.500. The first-order valence-electron chi connectivity index (χ1n) is 6.26. The van der Waals surface area contributed by atoms with E-state index >= 15 is 0 Å². The van der Waals surface area contributed by atoms with Crippen LogP contribution in [0.25, 0.3) is 0 Å². The van der Waals surface area contributed by atoms with Crippen molar-refractivity contribution in [3.05, 3.63) is 29.8 Å². The summed E-state index contributed by atoms with van der Waals surface area (Å²) in [5.74, 6) is -0.498. The second-order valence-electron chi connectivity index (χ2n) is 5.76. The predicted octanol–water partition coefficient (Wildman–Crippen LogP) is 1.72. The molecule has 1 aromatic rings. The van der Waals surface area contributed by atoms with E-state index in [1.807, 2.05) is 0 Å². The Bertz CT molecular complexity index is 593. The van der Waals surface area contributed by atoms with Crippen LogP contribution in [-0.2, 0) is 25.8 Å². The molecule has 0 spiro atoms. The minimum absolute atomic E-state index is 0. The molecule has 1 rings (SSSR count). The van der Waals surface area contributed by atoms with E-state index in [0.29, 0.717) is 5.56 Å². The van der Waals surface area contributed by atoms with Crippen LogP contribution in [0.1, 0.15) is 26.3 Å². The maximum Gasteiger partial charge on any atom is 0.323 e. The summed E-state index contributed by atoms with van der Waals surface area (Å²) in [4.78, 5) is 12.0. The zero-order chi connectivity index (χ0) is 15.6. The van der Waals surface area contributed by atoms with Crippen molar-refractivity contribution in [2.75, 3.05) is 6.26 Å². The number of carbonyl (C=O) groups is 1. The number of halogens is 1. The van der Waals surface area contributed by atoms with Gasteiger partial charge in [-0.2, -0.15) is 0 Å². The molecule has 0 radical (unpaired) electrons. The average molecular weight is 336 g/mol. The molecule has 0 aliphatic rings. The second-order valence-corrected chi connectivity index (χ2v) is 7.78. The largest absolute Gasteiger partial charge is 0.459 e. The van der Waals surface area contributed by atoms with Gasteiger partial charge in [0.15, 0.2) is 9.84 Å². The van der Waals surface area contributed by atoms with Gasteiger partial charge in [-0.05, 0) is 44.9 Å². The highest BCUT2D eigenvalue weighted by Crippen LogP contribution is 2.14. The smallest absolute Gasteiger partial charge is 0.323 e. The van der Waals surface area contributed by atoms with Crippen LogP contribution in [0.5, 0.6) is 0 Å². The van der Waals surface area contributed by atoms with Crippen molar-refractivity contribution in [3.8, 4) is 0 Å². The van der Waals surface area contributed by atoms with Gasteiger partial charge in [-0.1, -0.05) is 12.1 Å². The van der Waals surface area contributed by atoms with Crippen molar-refractivity contribution in [1.29, 1.82) is 0 Å². The average Bonchev–Trinajstić information content (AvgIpc) is 2.25. The van der Waals surface area contributed by atoms with E-state index in [0.717, 1.165) is 6.26 Å². The quantitative estimate of drug-likeness (QED) is 0.847. The van der Waals surface area contributed by atoms with Crippen LogP contribution >= 0.6 is 12.4 Å². The molecule has 0 aliphatic carbocycles. The lowest BCUT2D eigenvalue weighted by Crippen LogP contribution is -2.38. The minimum Gasteiger partial charge on any atom is -0.459 e. The Hall–Kier alpha value is -1.11. The fourth-order valence-electron chi connectivity index (χ4n) is 1.62. The van der Waals surface area contributed by atoms with Gasteiger partial charge in [-0.25, -0.2) is 8.42 Å². The third-order valence-corrected chi connectivity index (χ3v) is 3.60. The summed E-state index contributed by atoms with van der Waals surface area (Å²) in [7, 11) is -3.27. The Morgan fingerprint density at radius 1 is 1.33 bits per heavy atom. The number of rotatable bonds is 4. The van der Waals surface area contributed by atoms with Crippen LogP contribution < -0.4 is 5.73 Å². The molecular formula is C14H22ClNO4S. The number of benzene rings is 1. The van der Waals surface area contributed by atoms with Crippen molar-refractivity contribution in [2.24, 2.45) is 5.73 Å². The van der Waals surface area contributed by atoms with Gasteiger partial charge in [-0.15, -0.1) is 12.4 Å². The maximum atomic E-state index is 11.8. The molecule has 120 valence electrons. The molecule has 1 atom stereocenters. The van der Waals surface area contributed by atoms with E-state index in [1.165, 1.54) is 12.1 Å². The summed E-state index contributed by atoms with van der Waals surface area (Å²) in [5, 5.41) is 0.